The first-order chi connectivity index (χ1) is 10.4. The van der Waals surface area contributed by atoms with Gasteiger partial charge < -0.3 is 10.5 Å². The van der Waals surface area contributed by atoms with Crippen molar-refractivity contribution in [2.75, 3.05) is 6.54 Å². The lowest BCUT2D eigenvalue weighted by atomic mass is 10.1. The predicted molar refractivity (Wildman–Crippen MR) is 85.2 cm³/mol. The van der Waals surface area contributed by atoms with E-state index in [9.17, 15) is 0 Å². The fourth-order valence-electron chi connectivity index (χ4n) is 2.72. The van der Waals surface area contributed by atoms with Crippen molar-refractivity contribution < 1.29 is 4.74 Å². The quantitative estimate of drug-likeness (QED) is 0.875. The number of hydrogen-bond acceptors (Lipinski definition) is 2. The van der Waals surface area contributed by atoms with Crippen LogP contribution in [0.2, 0.25) is 0 Å². The summed E-state index contributed by atoms with van der Waals surface area (Å²) in [7, 11) is 0. The van der Waals surface area contributed by atoms with Crippen molar-refractivity contribution in [1.82, 2.24) is 0 Å². The Bertz CT molecular complexity index is 694. The van der Waals surface area contributed by atoms with Crippen LogP contribution < -0.4 is 10.5 Å². The Morgan fingerprint density at radius 3 is 2.81 bits per heavy atom. The van der Waals surface area contributed by atoms with Gasteiger partial charge in [-0.25, -0.2) is 0 Å². The number of aryl methyl sites for hydroxylation is 2. The van der Waals surface area contributed by atoms with Crippen molar-refractivity contribution in [1.29, 1.82) is 0 Å². The molecule has 2 N–H and O–H groups in total. The van der Waals surface area contributed by atoms with Gasteiger partial charge in [-0.15, -0.1) is 0 Å². The summed E-state index contributed by atoms with van der Waals surface area (Å²) in [6.07, 6.45) is 3.69. The molecule has 106 valence electrons. The number of benzene rings is 2. The molecule has 0 aromatic heterocycles. The Kier molecular flexibility index (Phi) is 4.23. The van der Waals surface area contributed by atoms with Crippen LogP contribution in [0.4, 0.5) is 0 Å². The van der Waals surface area contributed by atoms with E-state index >= 15 is 0 Å². The second-order valence-electron chi connectivity index (χ2n) is 5.25. The van der Waals surface area contributed by atoms with Gasteiger partial charge in [0.2, 0.25) is 0 Å². The molecule has 2 heteroatoms. The van der Waals surface area contributed by atoms with Gasteiger partial charge in [0.05, 0.1) is 12.1 Å². The molecular formula is C19H19NO. The van der Waals surface area contributed by atoms with E-state index in [1.807, 2.05) is 24.3 Å². The van der Waals surface area contributed by atoms with Crippen LogP contribution in [0.25, 0.3) is 0 Å². The predicted octanol–water partition coefficient (Wildman–Crippen LogP) is 3.06. The molecule has 0 spiro atoms. The fourth-order valence-corrected chi connectivity index (χ4v) is 2.72. The minimum absolute atomic E-state index is 0.360. The molecule has 0 atom stereocenters. The van der Waals surface area contributed by atoms with Gasteiger partial charge in [0.25, 0.3) is 0 Å². The number of rotatable bonds is 3. The van der Waals surface area contributed by atoms with Crippen LogP contribution in [0.3, 0.4) is 0 Å². The minimum atomic E-state index is 0.360. The molecule has 3 rings (SSSR count). The smallest absolute Gasteiger partial charge is 0.135 e. The maximum absolute atomic E-state index is 5.94. The summed E-state index contributed by atoms with van der Waals surface area (Å²) >= 11 is 0. The highest BCUT2D eigenvalue weighted by Crippen LogP contribution is 2.24. The Morgan fingerprint density at radius 2 is 1.90 bits per heavy atom. The largest absolute Gasteiger partial charge is 0.488 e. The second kappa shape index (κ2) is 6.47. The average molecular weight is 277 g/mol. The molecule has 2 aromatic carbocycles. The lowest BCUT2D eigenvalue weighted by Crippen LogP contribution is -1.99. The summed E-state index contributed by atoms with van der Waals surface area (Å²) in [6, 6.07) is 14.5. The molecule has 0 saturated carbocycles. The molecule has 0 saturated heterocycles. The Morgan fingerprint density at radius 1 is 1.05 bits per heavy atom. The van der Waals surface area contributed by atoms with Crippen LogP contribution in [0, 0.1) is 11.8 Å². The van der Waals surface area contributed by atoms with Gasteiger partial charge in [0, 0.05) is 0 Å². The third kappa shape index (κ3) is 3.26. The molecule has 0 unspecified atom stereocenters. The highest BCUT2D eigenvalue weighted by atomic mass is 16.5. The minimum Gasteiger partial charge on any atom is -0.488 e. The van der Waals surface area contributed by atoms with E-state index in [1.165, 1.54) is 36.0 Å². The van der Waals surface area contributed by atoms with E-state index in [0.29, 0.717) is 13.2 Å². The molecule has 0 radical (unpaired) electrons. The third-order valence-corrected chi connectivity index (χ3v) is 3.77. The maximum atomic E-state index is 5.94. The van der Waals surface area contributed by atoms with Crippen LogP contribution in [-0.4, -0.2) is 6.54 Å². The topological polar surface area (TPSA) is 35.2 Å². The van der Waals surface area contributed by atoms with Gasteiger partial charge in [-0.05, 0) is 48.1 Å². The third-order valence-electron chi connectivity index (χ3n) is 3.77. The van der Waals surface area contributed by atoms with E-state index in [-0.39, 0.29) is 0 Å². The normalized spacial score (nSPS) is 12.4. The number of para-hydroxylation sites is 1. The molecule has 2 aromatic rings. The Labute approximate surface area is 125 Å². The SMILES string of the molecule is NCC#Cc1ccccc1OCc1ccc2c(c1)CCC2. The highest BCUT2D eigenvalue weighted by molar-refractivity contribution is 5.46. The fraction of sp³-hybridized carbons (Fsp3) is 0.263. The average Bonchev–Trinajstić information content (AvgIpc) is 2.99. The molecule has 0 fully saturated rings. The zero-order chi connectivity index (χ0) is 14.5. The lowest BCUT2D eigenvalue weighted by Gasteiger charge is -2.09. The summed E-state index contributed by atoms with van der Waals surface area (Å²) in [5, 5.41) is 0. The van der Waals surface area contributed by atoms with E-state index in [0.717, 1.165) is 11.3 Å². The zero-order valence-electron chi connectivity index (χ0n) is 12.1. The molecule has 2 nitrogen and oxygen atoms in total. The van der Waals surface area contributed by atoms with Crippen LogP contribution in [0.1, 0.15) is 28.7 Å². The number of hydrogen-bond donors (Lipinski definition) is 1. The molecule has 0 amide bonds. The van der Waals surface area contributed by atoms with Gasteiger partial charge in [-0.3, -0.25) is 0 Å². The van der Waals surface area contributed by atoms with Gasteiger partial charge in [0.1, 0.15) is 12.4 Å². The summed E-state index contributed by atoms with van der Waals surface area (Å²) in [4.78, 5) is 0. The molecule has 0 bridgehead atoms. The van der Waals surface area contributed by atoms with E-state index in [4.69, 9.17) is 10.5 Å². The number of nitrogens with two attached hydrogens (primary N) is 1. The van der Waals surface area contributed by atoms with Crippen molar-refractivity contribution >= 4 is 0 Å². The molecule has 0 heterocycles. The molecule has 1 aliphatic carbocycles. The van der Waals surface area contributed by atoms with Crippen LogP contribution >= 0.6 is 0 Å². The van der Waals surface area contributed by atoms with Crippen LogP contribution in [0.15, 0.2) is 42.5 Å². The second-order valence-corrected chi connectivity index (χ2v) is 5.25. The summed E-state index contributed by atoms with van der Waals surface area (Å²) in [5.41, 5.74) is 10.5. The monoisotopic (exact) mass is 277 g/mol. The summed E-state index contributed by atoms with van der Waals surface area (Å²) in [5.74, 6) is 6.74. The van der Waals surface area contributed by atoms with Gasteiger partial charge in [0.15, 0.2) is 0 Å². The summed E-state index contributed by atoms with van der Waals surface area (Å²) < 4.78 is 5.94. The number of fused-ring (bicyclic) bond motifs is 1. The van der Waals surface area contributed by atoms with Crippen LogP contribution in [0.5, 0.6) is 5.75 Å². The zero-order valence-corrected chi connectivity index (χ0v) is 12.1. The lowest BCUT2D eigenvalue weighted by molar-refractivity contribution is 0.305. The highest BCUT2D eigenvalue weighted by Gasteiger charge is 2.11. The van der Waals surface area contributed by atoms with Gasteiger partial charge in [-0.2, -0.15) is 0 Å². The van der Waals surface area contributed by atoms with Crippen LogP contribution in [-0.2, 0) is 19.4 Å². The van der Waals surface area contributed by atoms with E-state index < -0.39 is 0 Å². The molecular weight excluding hydrogens is 258 g/mol. The summed E-state index contributed by atoms with van der Waals surface area (Å²) in [6.45, 7) is 0.938. The maximum Gasteiger partial charge on any atom is 0.135 e. The Hall–Kier alpha value is -2.24. The van der Waals surface area contributed by atoms with Crippen molar-refractivity contribution in [2.45, 2.75) is 25.9 Å². The van der Waals surface area contributed by atoms with Crippen molar-refractivity contribution in [3.05, 3.63) is 64.7 Å². The van der Waals surface area contributed by atoms with Gasteiger partial charge in [-0.1, -0.05) is 42.2 Å². The molecule has 21 heavy (non-hydrogen) atoms. The first-order valence-electron chi connectivity index (χ1n) is 7.38. The van der Waals surface area contributed by atoms with E-state index in [2.05, 4.69) is 30.0 Å². The number of ether oxygens (including phenoxy) is 1. The van der Waals surface area contributed by atoms with Gasteiger partial charge >= 0.3 is 0 Å². The van der Waals surface area contributed by atoms with Crippen molar-refractivity contribution in [3.8, 4) is 17.6 Å². The van der Waals surface area contributed by atoms with E-state index in [1.54, 1.807) is 0 Å². The molecule has 1 aliphatic rings. The first kappa shape index (κ1) is 13.7. The standard InChI is InChI=1S/C19H19NO/c20-12-4-8-17-5-1-2-9-19(17)21-14-15-10-11-16-6-3-7-18(16)13-15/h1-2,5,9-11,13H,3,6-7,12,14,20H2. The Balaban J connectivity index is 1.73. The van der Waals surface area contributed by atoms with Crippen molar-refractivity contribution in [2.24, 2.45) is 5.73 Å². The molecule has 0 aliphatic heterocycles. The first-order valence-corrected chi connectivity index (χ1v) is 7.38. The van der Waals surface area contributed by atoms with Crippen molar-refractivity contribution in [3.63, 3.8) is 0 Å².